The average molecular weight is 1270 g/mol. The molecule has 12 amide bonds. The van der Waals surface area contributed by atoms with E-state index in [1.54, 1.807) is 135 Å². The van der Waals surface area contributed by atoms with Crippen LogP contribution in [-0.2, 0) is 83.2 Å². The zero-order valence-electron chi connectivity index (χ0n) is 51.0. The maximum Gasteiger partial charge on any atom is 0.246 e. The van der Waals surface area contributed by atoms with Gasteiger partial charge in [-0.1, -0.05) is 143 Å². The Kier molecular flexibility index (Phi) is 30.4. The van der Waals surface area contributed by atoms with Crippen LogP contribution in [0.4, 0.5) is 0 Å². The van der Waals surface area contributed by atoms with Gasteiger partial charge in [0.2, 0.25) is 70.9 Å². The fraction of sp³-hybridized carbons (Fsp3) is 0.422. The van der Waals surface area contributed by atoms with Crippen molar-refractivity contribution in [3.05, 3.63) is 144 Å². The van der Waals surface area contributed by atoms with Crippen LogP contribution in [0.5, 0.6) is 0 Å². The minimum atomic E-state index is -1.70. The minimum Gasteiger partial charge on any atom is -0.370 e. The van der Waals surface area contributed by atoms with Crippen LogP contribution in [0.2, 0.25) is 0 Å². The summed E-state index contributed by atoms with van der Waals surface area (Å²) >= 11 is 0. The van der Waals surface area contributed by atoms with Crippen molar-refractivity contribution >= 4 is 76.8 Å². The first-order valence-electron chi connectivity index (χ1n) is 29.9. The molecule has 496 valence electrons. The molecule has 0 bridgehead atoms. The van der Waals surface area contributed by atoms with Gasteiger partial charge in [0.15, 0.2) is 5.96 Å². The van der Waals surface area contributed by atoms with Gasteiger partial charge in [-0.05, 0) is 66.7 Å². The number of nitrogens with zero attached hydrogens (tertiary/aromatic N) is 2. The molecule has 0 spiro atoms. The summed E-state index contributed by atoms with van der Waals surface area (Å²) in [4.78, 5) is 169. The molecule has 5 rings (SSSR count). The van der Waals surface area contributed by atoms with Gasteiger partial charge in [0.1, 0.15) is 48.3 Å². The first kappa shape index (κ1) is 74.2. The highest BCUT2D eigenvalue weighted by Gasteiger charge is 2.41. The fourth-order valence-electron chi connectivity index (χ4n) is 10.1. The van der Waals surface area contributed by atoms with Gasteiger partial charge in [0.25, 0.3) is 0 Å². The molecule has 28 heteroatoms. The molecule has 20 N–H and O–H groups in total. The number of carbonyl (C=O) groups excluding carboxylic acids is 12. The van der Waals surface area contributed by atoms with Gasteiger partial charge in [0.05, 0.1) is 25.4 Å². The molecule has 1 fully saturated rings. The van der Waals surface area contributed by atoms with Crippen LogP contribution in [0.1, 0.15) is 88.5 Å². The first-order chi connectivity index (χ1) is 43.4. The number of primary amides is 3. The van der Waals surface area contributed by atoms with E-state index in [2.05, 4.69) is 47.5 Å². The van der Waals surface area contributed by atoms with E-state index in [0.717, 1.165) is 10.5 Å². The average Bonchev–Trinajstić information content (AvgIpc) is 1.64. The highest BCUT2D eigenvalue weighted by Crippen LogP contribution is 2.21. The summed E-state index contributed by atoms with van der Waals surface area (Å²) < 4.78 is 0. The normalized spacial score (nSPS) is 15.1. The van der Waals surface area contributed by atoms with E-state index >= 15 is 0 Å². The molecule has 1 aliphatic rings. The van der Waals surface area contributed by atoms with Crippen LogP contribution in [0, 0.1) is 5.92 Å². The second-order valence-corrected chi connectivity index (χ2v) is 22.6. The van der Waals surface area contributed by atoms with Crippen molar-refractivity contribution in [2.24, 2.45) is 45.3 Å². The fourth-order valence-corrected chi connectivity index (χ4v) is 10.1. The Morgan fingerprint density at radius 1 is 0.500 bits per heavy atom. The van der Waals surface area contributed by atoms with E-state index in [4.69, 9.17) is 34.4 Å². The van der Waals surface area contributed by atoms with Gasteiger partial charge in [-0.2, -0.15) is 0 Å². The zero-order valence-corrected chi connectivity index (χ0v) is 51.0. The summed E-state index contributed by atoms with van der Waals surface area (Å²) in [7, 11) is 0. The predicted octanol–water partition coefficient (Wildman–Crippen LogP) is -2.24. The number of amides is 12. The van der Waals surface area contributed by atoms with Crippen molar-refractivity contribution in [1.82, 2.24) is 47.4 Å². The quantitative estimate of drug-likeness (QED) is 0.0130. The third-order valence-electron chi connectivity index (χ3n) is 14.7. The largest absolute Gasteiger partial charge is 0.370 e. The van der Waals surface area contributed by atoms with E-state index in [1.165, 1.54) is 0 Å². The van der Waals surface area contributed by atoms with E-state index < -0.39 is 145 Å². The smallest absolute Gasteiger partial charge is 0.246 e. The van der Waals surface area contributed by atoms with Crippen LogP contribution in [0.15, 0.2) is 126 Å². The van der Waals surface area contributed by atoms with Gasteiger partial charge in [-0.3, -0.25) is 62.5 Å². The maximum absolute atomic E-state index is 14.6. The van der Waals surface area contributed by atoms with Crippen LogP contribution >= 0.6 is 0 Å². The van der Waals surface area contributed by atoms with E-state index in [0.29, 0.717) is 16.7 Å². The lowest BCUT2D eigenvalue weighted by molar-refractivity contribution is -0.143. The number of carbonyl (C=O) groups is 12. The Balaban J connectivity index is 0.0000180. The molecule has 0 aromatic heterocycles. The highest BCUT2D eigenvalue weighted by atomic mass is 16.2. The topological polar surface area (TPSA) is 473 Å². The number of benzene rings is 4. The second kappa shape index (κ2) is 37.7. The zero-order chi connectivity index (χ0) is 66.6. The molecular weight excluding hydrogens is 1180 g/mol. The number of nitrogens with two attached hydrogens (primary N) is 6. The molecule has 1 heterocycles. The molecule has 1 aliphatic heterocycles. The summed E-state index contributed by atoms with van der Waals surface area (Å²) in [5, 5.41) is 20.7. The molecule has 9 atom stereocenters. The second-order valence-electron chi connectivity index (χ2n) is 22.6. The molecule has 0 saturated carbocycles. The number of likely N-dealkylation sites (tertiary alicyclic amines) is 1. The van der Waals surface area contributed by atoms with E-state index in [-0.39, 0.29) is 90.2 Å². The Labute approximate surface area is 534 Å². The predicted molar refractivity (Wildman–Crippen MR) is 343 cm³/mol. The Morgan fingerprint density at radius 3 is 1.42 bits per heavy atom. The van der Waals surface area contributed by atoms with Crippen molar-refractivity contribution in [3.8, 4) is 0 Å². The number of hydrogen-bond acceptors (Lipinski definition) is 14. The van der Waals surface area contributed by atoms with Crippen molar-refractivity contribution in [2.75, 3.05) is 19.6 Å². The molecule has 92 heavy (non-hydrogen) atoms. The van der Waals surface area contributed by atoms with Gasteiger partial charge in [0, 0.05) is 32.4 Å². The minimum absolute atomic E-state index is 0. The van der Waals surface area contributed by atoms with Crippen molar-refractivity contribution in [2.45, 2.75) is 146 Å². The summed E-state index contributed by atoms with van der Waals surface area (Å²) in [6.07, 6.45) is -0.962. The Bertz CT molecular complexity index is 3170. The molecule has 4 aromatic carbocycles. The lowest BCUT2D eigenvalue weighted by atomic mass is 10.0. The molecule has 0 aliphatic carbocycles. The summed E-state index contributed by atoms with van der Waals surface area (Å²) in [5.74, 6) is -10.8. The Morgan fingerprint density at radius 2 is 0.924 bits per heavy atom. The Hall–Kier alpha value is -10.3. The van der Waals surface area contributed by atoms with Crippen molar-refractivity contribution in [3.63, 3.8) is 0 Å². The third kappa shape index (κ3) is 25.3. The van der Waals surface area contributed by atoms with Crippen molar-refractivity contribution in [1.29, 1.82) is 0 Å². The molecule has 0 radical (unpaired) electrons. The standard InChI is InChI=1S/C63H84N16O12.CH4/c1-37(2)29-45(58(87)73-43(25-15-27-70-63(68)69)57(86)74-44(54(67)83)31-39-19-9-4-10-20-39)72-53(82)36-71-56(85)46(32-40-21-11-5-12-22-40)77-61(90)50-26-16-28-79(50)62(91)49(35-52(66)81)78-59(88)47(33-41-23-13-6-14-24-41)76-60(89)48(34-51(65)80)75-55(84)42(64)30-38-17-7-3-8-18-38;/h3-14,17-24,37,42-50H,15-16,25-36,64H2,1-2H3,(H2,65,80)(H2,66,81)(H2,67,83)(H,71,85)(H,72,82)(H,73,87)(H,74,86)(H,75,84)(H,76,89)(H,77,90)(H,78,88)(H4,68,69,70);1H4. The molecule has 4 aromatic rings. The highest BCUT2D eigenvalue weighted by molar-refractivity contribution is 6.00. The van der Waals surface area contributed by atoms with Gasteiger partial charge >= 0.3 is 0 Å². The number of hydrogen-bond donors (Lipinski definition) is 14. The number of guanidine groups is 1. The van der Waals surface area contributed by atoms with Gasteiger partial charge in [-0.15, -0.1) is 0 Å². The van der Waals surface area contributed by atoms with Gasteiger partial charge in [-0.25, -0.2) is 0 Å². The third-order valence-corrected chi connectivity index (χ3v) is 14.7. The van der Waals surface area contributed by atoms with E-state index in [9.17, 15) is 57.5 Å². The first-order valence-corrected chi connectivity index (χ1v) is 29.9. The summed E-state index contributed by atoms with van der Waals surface area (Å²) in [6.45, 7) is 2.96. The summed E-state index contributed by atoms with van der Waals surface area (Å²) in [5.41, 5.74) is 36.5. The van der Waals surface area contributed by atoms with Gasteiger partial charge < -0.3 is 81.8 Å². The summed E-state index contributed by atoms with van der Waals surface area (Å²) in [6, 6.07) is 22.3. The lowest BCUT2D eigenvalue weighted by Crippen LogP contribution is -2.60. The van der Waals surface area contributed by atoms with Crippen molar-refractivity contribution < 1.29 is 57.5 Å². The monoisotopic (exact) mass is 1270 g/mol. The molecular formula is C64H88N16O12. The van der Waals surface area contributed by atoms with Crippen LogP contribution in [0.25, 0.3) is 0 Å². The molecule has 9 unspecified atom stereocenters. The van der Waals surface area contributed by atoms with Crippen LogP contribution < -0.4 is 76.9 Å². The maximum atomic E-state index is 14.6. The molecule has 1 saturated heterocycles. The van der Waals surface area contributed by atoms with E-state index in [1.807, 2.05) is 0 Å². The number of aliphatic imine (C=N–C) groups is 1. The number of rotatable bonds is 36. The molecule has 28 nitrogen and oxygen atoms in total. The lowest BCUT2D eigenvalue weighted by Gasteiger charge is -2.30. The van der Waals surface area contributed by atoms with Crippen LogP contribution in [-0.4, -0.2) is 156 Å². The van der Waals surface area contributed by atoms with Crippen LogP contribution in [0.3, 0.4) is 0 Å². The SMILES string of the molecule is C.CC(C)CC(NC(=O)CNC(=O)C(Cc1ccccc1)NC(=O)C1CCCN1C(=O)C(CC(N)=O)NC(=O)C(Cc1ccccc1)NC(=O)C(CC(N)=O)NC(=O)C(N)Cc1ccccc1)C(=O)NC(CCCN=C(N)N)C(=O)NC(Cc1ccccc1)C(N)=O. The number of nitrogens with one attached hydrogen (secondary N) is 8.